The standard InChI is InChI=1S/C15H20N4O4/c16-15(21)23-12(9-20)6-10-5-11-8-18-19(14(11)17-7-10)13-3-1-2-4-22-13/h5,7-8,12-13,20H,1-4,6,9H2,(H2,16,21)/t12-,13?/m0/s1. The van der Waals surface area contributed by atoms with Gasteiger partial charge in [-0.1, -0.05) is 0 Å². The van der Waals surface area contributed by atoms with E-state index in [1.807, 2.05) is 10.7 Å². The Labute approximate surface area is 133 Å². The lowest BCUT2D eigenvalue weighted by Crippen LogP contribution is -2.27. The number of carbonyl (C=O) groups is 1. The Morgan fingerprint density at radius 3 is 3.09 bits per heavy atom. The number of primary amides is 1. The van der Waals surface area contributed by atoms with Crippen LogP contribution in [0.4, 0.5) is 4.79 Å². The highest BCUT2D eigenvalue weighted by Gasteiger charge is 2.20. The third kappa shape index (κ3) is 3.59. The molecule has 0 radical (unpaired) electrons. The molecular weight excluding hydrogens is 300 g/mol. The number of rotatable bonds is 5. The van der Waals surface area contributed by atoms with E-state index in [1.165, 1.54) is 0 Å². The Kier molecular flexibility index (Phi) is 4.73. The van der Waals surface area contributed by atoms with Crippen LogP contribution in [0, 0.1) is 0 Å². The van der Waals surface area contributed by atoms with Gasteiger partial charge in [0.15, 0.2) is 11.9 Å². The molecule has 0 aromatic carbocycles. The minimum Gasteiger partial charge on any atom is -0.444 e. The van der Waals surface area contributed by atoms with Crippen LogP contribution in [-0.2, 0) is 15.9 Å². The number of hydrogen-bond acceptors (Lipinski definition) is 6. The Morgan fingerprint density at radius 2 is 2.39 bits per heavy atom. The smallest absolute Gasteiger partial charge is 0.404 e. The molecule has 0 bridgehead atoms. The first kappa shape index (κ1) is 15.7. The van der Waals surface area contributed by atoms with Crippen LogP contribution in [0.2, 0.25) is 0 Å². The number of hydrogen-bond donors (Lipinski definition) is 2. The van der Waals surface area contributed by atoms with E-state index in [-0.39, 0.29) is 12.8 Å². The van der Waals surface area contributed by atoms with Gasteiger partial charge in [0.2, 0.25) is 0 Å². The molecule has 3 N–H and O–H groups in total. The lowest BCUT2D eigenvalue weighted by molar-refractivity contribution is -0.0370. The molecule has 0 aliphatic carbocycles. The maximum Gasteiger partial charge on any atom is 0.404 e. The minimum absolute atomic E-state index is 0.0667. The highest BCUT2D eigenvalue weighted by molar-refractivity contribution is 5.75. The summed E-state index contributed by atoms with van der Waals surface area (Å²) in [4.78, 5) is 15.2. The normalized spacial score (nSPS) is 19.6. The molecule has 8 nitrogen and oxygen atoms in total. The molecule has 3 rings (SSSR count). The average molecular weight is 320 g/mol. The van der Waals surface area contributed by atoms with Crippen LogP contribution in [0.25, 0.3) is 11.0 Å². The summed E-state index contributed by atoms with van der Waals surface area (Å²) in [6.45, 7) is 0.447. The highest BCUT2D eigenvalue weighted by atomic mass is 16.6. The molecule has 124 valence electrons. The van der Waals surface area contributed by atoms with Gasteiger partial charge in [-0.3, -0.25) is 0 Å². The SMILES string of the molecule is NC(=O)O[C@H](CO)Cc1cnc2c(cnn2C2CCCCO2)c1. The molecule has 1 unspecified atom stereocenters. The Bertz CT molecular complexity index is 681. The van der Waals surface area contributed by atoms with Crippen molar-refractivity contribution < 1.29 is 19.4 Å². The summed E-state index contributed by atoms with van der Waals surface area (Å²) in [5.74, 6) is 0. The number of ether oxygens (including phenoxy) is 2. The lowest BCUT2D eigenvalue weighted by Gasteiger charge is -2.23. The first-order valence-electron chi connectivity index (χ1n) is 7.68. The number of aliphatic hydroxyl groups excluding tert-OH is 1. The van der Waals surface area contributed by atoms with Gasteiger partial charge in [-0.2, -0.15) is 5.10 Å². The fourth-order valence-corrected chi connectivity index (χ4v) is 2.80. The van der Waals surface area contributed by atoms with E-state index >= 15 is 0 Å². The second kappa shape index (κ2) is 6.93. The van der Waals surface area contributed by atoms with E-state index in [1.54, 1.807) is 12.4 Å². The van der Waals surface area contributed by atoms with Gasteiger partial charge < -0.3 is 20.3 Å². The Morgan fingerprint density at radius 1 is 1.52 bits per heavy atom. The molecule has 2 aromatic rings. The van der Waals surface area contributed by atoms with Crippen molar-refractivity contribution in [1.82, 2.24) is 14.8 Å². The van der Waals surface area contributed by atoms with Gasteiger partial charge in [0, 0.05) is 24.6 Å². The van der Waals surface area contributed by atoms with Gasteiger partial charge in [-0.15, -0.1) is 0 Å². The Balaban J connectivity index is 1.78. The third-order valence-electron chi connectivity index (χ3n) is 3.87. The molecule has 1 saturated heterocycles. The van der Waals surface area contributed by atoms with Crippen molar-refractivity contribution in [2.75, 3.05) is 13.2 Å². The summed E-state index contributed by atoms with van der Waals surface area (Å²) in [6.07, 6.45) is 5.25. The van der Waals surface area contributed by atoms with E-state index in [2.05, 4.69) is 10.1 Å². The minimum atomic E-state index is -0.902. The monoisotopic (exact) mass is 320 g/mol. The van der Waals surface area contributed by atoms with Crippen LogP contribution < -0.4 is 5.73 Å². The van der Waals surface area contributed by atoms with Crippen molar-refractivity contribution in [3.05, 3.63) is 24.0 Å². The number of nitrogens with zero attached hydrogens (tertiary/aromatic N) is 3. The lowest BCUT2D eigenvalue weighted by atomic mass is 10.1. The number of carbonyl (C=O) groups excluding carboxylic acids is 1. The summed E-state index contributed by atoms with van der Waals surface area (Å²) in [5, 5.41) is 14.5. The summed E-state index contributed by atoms with van der Waals surface area (Å²) in [7, 11) is 0. The molecule has 23 heavy (non-hydrogen) atoms. The number of fused-ring (bicyclic) bond motifs is 1. The zero-order chi connectivity index (χ0) is 16.2. The Hall–Kier alpha value is -2.19. The van der Waals surface area contributed by atoms with Crippen molar-refractivity contribution >= 4 is 17.1 Å². The molecule has 0 spiro atoms. The van der Waals surface area contributed by atoms with Crippen molar-refractivity contribution in [3.63, 3.8) is 0 Å². The second-order valence-electron chi connectivity index (χ2n) is 5.61. The van der Waals surface area contributed by atoms with Crippen LogP contribution in [0.5, 0.6) is 0 Å². The summed E-state index contributed by atoms with van der Waals surface area (Å²) >= 11 is 0. The number of amides is 1. The molecule has 1 aliphatic rings. The zero-order valence-corrected chi connectivity index (χ0v) is 12.7. The largest absolute Gasteiger partial charge is 0.444 e. The molecule has 8 heteroatoms. The predicted molar refractivity (Wildman–Crippen MR) is 81.6 cm³/mol. The van der Waals surface area contributed by atoms with Gasteiger partial charge in [0.1, 0.15) is 6.10 Å². The molecule has 3 heterocycles. The quantitative estimate of drug-likeness (QED) is 0.854. The average Bonchev–Trinajstić information content (AvgIpc) is 2.97. The van der Waals surface area contributed by atoms with E-state index < -0.39 is 12.2 Å². The highest BCUT2D eigenvalue weighted by Crippen LogP contribution is 2.25. The maximum atomic E-state index is 10.8. The molecule has 1 aliphatic heterocycles. The van der Waals surface area contributed by atoms with Gasteiger partial charge in [-0.05, 0) is 30.9 Å². The van der Waals surface area contributed by atoms with Gasteiger partial charge >= 0.3 is 6.09 Å². The van der Waals surface area contributed by atoms with Gasteiger partial charge in [-0.25, -0.2) is 14.5 Å². The molecule has 1 amide bonds. The van der Waals surface area contributed by atoms with E-state index in [4.69, 9.17) is 15.2 Å². The molecular formula is C15H20N4O4. The van der Waals surface area contributed by atoms with Gasteiger partial charge in [0.05, 0.1) is 12.8 Å². The molecule has 0 saturated carbocycles. The fourth-order valence-electron chi connectivity index (χ4n) is 2.80. The third-order valence-corrected chi connectivity index (χ3v) is 3.87. The number of nitrogens with two attached hydrogens (primary N) is 1. The zero-order valence-electron chi connectivity index (χ0n) is 12.7. The van der Waals surface area contributed by atoms with Gasteiger partial charge in [0.25, 0.3) is 0 Å². The predicted octanol–water partition coefficient (Wildman–Crippen LogP) is 1.13. The van der Waals surface area contributed by atoms with Crippen LogP contribution in [0.15, 0.2) is 18.5 Å². The van der Waals surface area contributed by atoms with Crippen molar-refractivity contribution in [3.8, 4) is 0 Å². The number of aromatic nitrogens is 3. The summed E-state index contributed by atoms with van der Waals surface area (Å²) < 4.78 is 12.4. The summed E-state index contributed by atoms with van der Waals surface area (Å²) in [6, 6.07) is 1.92. The molecule has 2 atom stereocenters. The van der Waals surface area contributed by atoms with Crippen molar-refractivity contribution in [1.29, 1.82) is 0 Å². The first-order chi connectivity index (χ1) is 11.2. The van der Waals surface area contributed by atoms with E-state index in [0.29, 0.717) is 6.42 Å². The summed E-state index contributed by atoms with van der Waals surface area (Å²) in [5.41, 5.74) is 6.58. The van der Waals surface area contributed by atoms with Crippen molar-refractivity contribution in [2.45, 2.75) is 38.0 Å². The number of aliphatic hydroxyl groups is 1. The van der Waals surface area contributed by atoms with Crippen LogP contribution >= 0.6 is 0 Å². The molecule has 1 fully saturated rings. The van der Waals surface area contributed by atoms with Crippen LogP contribution in [-0.4, -0.2) is 45.3 Å². The molecule has 2 aromatic heterocycles. The van der Waals surface area contributed by atoms with E-state index in [9.17, 15) is 9.90 Å². The maximum absolute atomic E-state index is 10.8. The van der Waals surface area contributed by atoms with Crippen LogP contribution in [0.1, 0.15) is 31.1 Å². The number of pyridine rings is 1. The first-order valence-corrected chi connectivity index (χ1v) is 7.68. The fraction of sp³-hybridized carbons (Fsp3) is 0.533. The topological polar surface area (TPSA) is 112 Å². The van der Waals surface area contributed by atoms with E-state index in [0.717, 1.165) is 42.5 Å². The second-order valence-corrected chi connectivity index (χ2v) is 5.61. The van der Waals surface area contributed by atoms with Crippen molar-refractivity contribution in [2.24, 2.45) is 5.73 Å². The van der Waals surface area contributed by atoms with Crippen LogP contribution in [0.3, 0.4) is 0 Å².